The Balaban J connectivity index is 1.88. The number of nitrogens with one attached hydrogen (secondary N) is 2. The topological polar surface area (TPSA) is 93.4 Å². The minimum atomic E-state index is -0.496. The summed E-state index contributed by atoms with van der Waals surface area (Å²) >= 11 is 6.86. The second-order valence-electron chi connectivity index (χ2n) is 6.34. The molecule has 0 fully saturated rings. The molecule has 3 rings (SSSR count). The highest BCUT2D eigenvalue weighted by molar-refractivity contribution is 7.80. The Morgan fingerprint density at radius 2 is 1.73 bits per heavy atom. The van der Waals surface area contributed by atoms with E-state index >= 15 is 0 Å². The lowest BCUT2D eigenvalue weighted by Crippen LogP contribution is -2.20. The van der Waals surface area contributed by atoms with Gasteiger partial charge in [-0.3, -0.25) is 4.79 Å². The van der Waals surface area contributed by atoms with Gasteiger partial charge in [-0.25, -0.2) is 4.79 Å². The number of anilines is 2. The molecule has 0 radical (unpaired) electrons. The maximum absolute atomic E-state index is 12.8. The van der Waals surface area contributed by atoms with Crippen LogP contribution in [0, 0.1) is 6.92 Å². The van der Waals surface area contributed by atoms with Crippen molar-refractivity contribution in [3.63, 3.8) is 0 Å². The van der Waals surface area contributed by atoms with Gasteiger partial charge in [-0.2, -0.15) is 0 Å². The van der Waals surface area contributed by atoms with E-state index in [4.69, 9.17) is 22.7 Å². The summed E-state index contributed by atoms with van der Waals surface area (Å²) in [6.45, 7) is 4.00. The van der Waals surface area contributed by atoms with Gasteiger partial charge >= 0.3 is 5.97 Å². The smallest absolute Gasteiger partial charge is 0.341 e. The molecule has 30 heavy (non-hydrogen) atoms. The summed E-state index contributed by atoms with van der Waals surface area (Å²) in [4.78, 5) is 24.9. The van der Waals surface area contributed by atoms with E-state index in [1.165, 1.54) is 11.3 Å². The Morgan fingerprint density at radius 1 is 1.07 bits per heavy atom. The molecule has 2 aromatic carbocycles. The lowest BCUT2D eigenvalue weighted by atomic mass is 10.0. The first kappa shape index (κ1) is 21.5. The van der Waals surface area contributed by atoms with Crippen LogP contribution in [-0.2, 0) is 4.74 Å². The van der Waals surface area contributed by atoms with E-state index in [0.29, 0.717) is 26.9 Å². The quantitative estimate of drug-likeness (QED) is 0.377. The van der Waals surface area contributed by atoms with E-state index in [1.54, 1.807) is 31.2 Å². The van der Waals surface area contributed by atoms with Gasteiger partial charge < -0.3 is 21.1 Å². The lowest BCUT2D eigenvalue weighted by Gasteiger charge is -2.12. The zero-order valence-corrected chi connectivity index (χ0v) is 18.2. The van der Waals surface area contributed by atoms with Crippen LogP contribution in [0.15, 0.2) is 54.6 Å². The molecule has 0 aliphatic heterocycles. The molecular weight excluding hydrogens is 418 g/mol. The van der Waals surface area contributed by atoms with Crippen molar-refractivity contribution in [2.45, 2.75) is 13.8 Å². The first-order chi connectivity index (χ1) is 14.4. The predicted molar refractivity (Wildman–Crippen MR) is 125 cm³/mol. The van der Waals surface area contributed by atoms with Gasteiger partial charge in [0.2, 0.25) is 5.91 Å². The third kappa shape index (κ3) is 4.84. The van der Waals surface area contributed by atoms with E-state index in [0.717, 1.165) is 16.0 Å². The molecule has 0 saturated heterocycles. The Labute approximate surface area is 184 Å². The van der Waals surface area contributed by atoms with Crippen molar-refractivity contribution in [3.8, 4) is 11.1 Å². The molecule has 0 atom stereocenters. The number of aryl methyl sites for hydroxylation is 1. The van der Waals surface area contributed by atoms with Crippen molar-refractivity contribution >= 4 is 51.2 Å². The first-order valence-electron chi connectivity index (χ1n) is 9.24. The van der Waals surface area contributed by atoms with Crippen LogP contribution in [0.4, 0.5) is 10.7 Å². The van der Waals surface area contributed by atoms with Crippen molar-refractivity contribution in [1.82, 2.24) is 0 Å². The summed E-state index contributed by atoms with van der Waals surface area (Å²) in [5, 5.41) is 7.08. The van der Waals surface area contributed by atoms with Crippen LogP contribution in [0.1, 0.15) is 32.5 Å². The minimum absolute atomic E-state index is 0.274. The van der Waals surface area contributed by atoms with Gasteiger partial charge in [0, 0.05) is 21.7 Å². The van der Waals surface area contributed by atoms with Crippen LogP contribution in [0.25, 0.3) is 11.1 Å². The highest BCUT2D eigenvalue weighted by Gasteiger charge is 2.24. The molecule has 0 unspecified atom stereocenters. The molecule has 0 spiro atoms. The predicted octanol–water partition coefficient (Wildman–Crippen LogP) is 4.81. The summed E-state index contributed by atoms with van der Waals surface area (Å²) in [6.07, 6.45) is 0. The molecule has 0 saturated carbocycles. The monoisotopic (exact) mass is 439 g/mol. The largest absolute Gasteiger partial charge is 0.462 e. The van der Waals surface area contributed by atoms with E-state index in [1.807, 2.05) is 37.3 Å². The van der Waals surface area contributed by atoms with Gasteiger partial charge in [0.05, 0.1) is 6.61 Å². The number of carbonyl (C=O) groups excluding carboxylic acids is 2. The number of amides is 1. The fraction of sp³-hybridized carbons (Fsp3) is 0.136. The molecule has 1 aromatic heterocycles. The third-order valence-electron chi connectivity index (χ3n) is 4.28. The van der Waals surface area contributed by atoms with Crippen molar-refractivity contribution in [3.05, 3.63) is 70.6 Å². The number of nitrogens with two attached hydrogens (primary N) is 1. The average Bonchev–Trinajstić information content (AvgIpc) is 3.04. The Hall–Kier alpha value is -3.23. The number of benzene rings is 2. The second-order valence-corrected chi connectivity index (χ2v) is 7.98. The fourth-order valence-corrected chi connectivity index (χ4v) is 4.32. The molecule has 0 aliphatic rings. The van der Waals surface area contributed by atoms with Gasteiger partial charge in [0.25, 0.3) is 0 Å². The standard InChI is InChI=1S/C22H21N3O3S2/c1-3-28-21(27)18-17(14-7-5-4-6-8-14)13(2)30-20(18)25-22(29)24-16-11-9-15(10-12-16)19(23)26/h4-12H,3H2,1-2H3,(H2,23,26)(H2,24,25,29). The summed E-state index contributed by atoms with van der Waals surface area (Å²) in [6, 6.07) is 16.3. The molecule has 0 aliphatic carbocycles. The molecule has 3 aromatic rings. The number of hydrogen-bond acceptors (Lipinski definition) is 5. The van der Waals surface area contributed by atoms with E-state index in [9.17, 15) is 9.59 Å². The number of carbonyl (C=O) groups is 2. The molecular formula is C22H21N3O3S2. The Kier molecular flexibility index (Phi) is 6.81. The van der Waals surface area contributed by atoms with Crippen molar-refractivity contribution in [2.24, 2.45) is 5.73 Å². The number of esters is 1. The number of rotatable bonds is 6. The zero-order valence-electron chi connectivity index (χ0n) is 16.5. The number of thiocarbonyl (C=S) groups is 1. The van der Waals surface area contributed by atoms with Gasteiger partial charge in [0.15, 0.2) is 5.11 Å². The van der Waals surface area contributed by atoms with Crippen LogP contribution in [0.5, 0.6) is 0 Å². The van der Waals surface area contributed by atoms with Crippen molar-refractivity contribution in [2.75, 3.05) is 17.2 Å². The minimum Gasteiger partial charge on any atom is -0.462 e. The average molecular weight is 440 g/mol. The molecule has 1 amide bonds. The molecule has 1 heterocycles. The van der Waals surface area contributed by atoms with E-state index in [-0.39, 0.29) is 6.61 Å². The number of hydrogen-bond donors (Lipinski definition) is 3. The fourth-order valence-electron chi connectivity index (χ4n) is 2.97. The van der Waals surface area contributed by atoms with Crippen molar-refractivity contribution in [1.29, 1.82) is 0 Å². The van der Waals surface area contributed by atoms with Crippen LogP contribution in [0.2, 0.25) is 0 Å². The number of thiophene rings is 1. The maximum Gasteiger partial charge on any atom is 0.341 e. The van der Waals surface area contributed by atoms with Crippen LogP contribution in [-0.4, -0.2) is 23.6 Å². The Morgan fingerprint density at radius 3 is 2.33 bits per heavy atom. The SMILES string of the molecule is CCOC(=O)c1c(NC(=S)Nc2ccc(C(N)=O)cc2)sc(C)c1-c1ccccc1. The van der Waals surface area contributed by atoms with Crippen LogP contribution >= 0.6 is 23.6 Å². The van der Waals surface area contributed by atoms with Gasteiger partial charge in [-0.1, -0.05) is 30.3 Å². The highest BCUT2D eigenvalue weighted by atomic mass is 32.1. The summed E-state index contributed by atoms with van der Waals surface area (Å²) in [7, 11) is 0. The van der Waals surface area contributed by atoms with E-state index in [2.05, 4.69) is 10.6 Å². The summed E-state index contributed by atoms with van der Waals surface area (Å²) in [5.74, 6) is -0.902. The van der Waals surface area contributed by atoms with Gasteiger partial charge in [0.1, 0.15) is 10.6 Å². The maximum atomic E-state index is 12.8. The molecule has 8 heteroatoms. The highest BCUT2D eigenvalue weighted by Crippen LogP contribution is 2.40. The molecule has 0 bridgehead atoms. The molecule has 154 valence electrons. The third-order valence-corrected chi connectivity index (χ3v) is 5.51. The van der Waals surface area contributed by atoms with Crippen LogP contribution < -0.4 is 16.4 Å². The van der Waals surface area contributed by atoms with Gasteiger partial charge in [-0.15, -0.1) is 11.3 Å². The first-order valence-corrected chi connectivity index (χ1v) is 10.5. The second kappa shape index (κ2) is 9.51. The lowest BCUT2D eigenvalue weighted by molar-refractivity contribution is 0.0529. The normalized spacial score (nSPS) is 10.3. The van der Waals surface area contributed by atoms with Crippen molar-refractivity contribution < 1.29 is 14.3 Å². The number of ether oxygens (including phenoxy) is 1. The molecule has 6 nitrogen and oxygen atoms in total. The number of primary amides is 1. The van der Waals surface area contributed by atoms with Crippen LogP contribution in [0.3, 0.4) is 0 Å². The van der Waals surface area contributed by atoms with Gasteiger partial charge in [-0.05, 0) is 55.9 Å². The van der Waals surface area contributed by atoms with E-state index < -0.39 is 11.9 Å². The zero-order chi connectivity index (χ0) is 21.7. The molecule has 4 N–H and O–H groups in total. The summed E-state index contributed by atoms with van der Waals surface area (Å²) < 4.78 is 5.30. The summed E-state index contributed by atoms with van der Waals surface area (Å²) in [5.41, 5.74) is 8.58. The Bertz CT molecular complexity index is 1080.